The van der Waals surface area contributed by atoms with Gasteiger partial charge in [0.1, 0.15) is 5.69 Å². The highest BCUT2D eigenvalue weighted by molar-refractivity contribution is 5.92. The van der Waals surface area contributed by atoms with Crippen molar-refractivity contribution >= 4 is 5.91 Å². The summed E-state index contributed by atoms with van der Waals surface area (Å²) in [5, 5.41) is 0. The summed E-state index contributed by atoms with van der Waals surface area (Å²) >= 11 is 0. The molecule has 1 amide bonds. The topological polar surface area (TPSA) is 58.6 Å². The highest BCUT2D eigenvalue weighted by Crippen LogP contribution is 2.37. The van der Waals surface area contributed by atoms with Crippen molar-refractivity contribution in [2.24, 2.45) is 5.92 Å². The number of hydrogen-bond acceptors (Lipinski definition) is 5. The molecule has 22 heavy (non-hydrogen) atoms. The van der Waals surface area contributed by atoms with Crippen LogP contribution in [0.4, 0.5) is 0 Å². The minimum absolute atomic E-state index is 0.0353. The van der Waals surface area contributed by atoms with E-state index >= 15 is 0 Å². The SMILES string of the molecule is CN(C)C[C@H]1CO[C@]2(CCCN(C(=O)c3cnccn3)C2)C1. The number of carbonyl (C=O) groups is 1. The van der Waals surface area contributed by atoms with E-state index in [-0.39, 0.29) is 11.5 Å². The van der Waals surface area contributed by atoms with Crippen LogP contribution in [0.2, 0.25) is 0 Å². The number of piperidine rings is 1. The van der Waals surface area contributed by atoms with E-state index in [9.17, 15) is 4.79 Å². The van der Waals surface area contributed by atoms with Gasteiger partial charge in [-0.2, -0.15) is 0 Å². The van der Waals surface area contributed by atoms with E-state index < -0.39 is 0 Å². The molecule has 0 aromatic carbocycles. The van der Waals surface area contributed by atoms with Gasteiger partial charge in [-0.05, 0) is 39.3 Å². The van der Waals surface area contributed by atoms with Gasteiger partial charge in [0.25, 0.3) is 5.91 Å². The molecule has 0 saturated carbocycles. The Morgan fingerprint density at radius 3 is 3.09 bits per heavy atom. The molecule has 0 aliphatic carbocycles. The first-order valence-corrected chi connectivity index (χ1v) is 7.92. The van der Waals surface area contributed by atoms with Crippen LogP contribution in [0, 0.1) is 5.92 Å². The largest absolute Gasteiger partial charge is 0.373 e. The standard InChI is InChI=1S/C16H24N4O2/c1-19(2)10-13-8-16(22-11-13)4-3-7-20(12-16)15(21)14-9-17-5-6-18-14/h5-6,9,13H,3-4,7-8,10-12H2,1-2H3/t13-,16+/m0/s1. The maximum Gasteiger partial charge on any atom is 0.274 e. The lowest BCUT2D eigenvalue weighted by Crippen LogP contribution is -2.50. The van der Waals surface area contributed by atoms with Crippen LogP contribution < -0.4 is 0 Å². The molecule has 6 heteroatoms. The predicted molar refractivity (Wildman–Crippen MR) is 82.5 cm³/mol. The molecule has 2 atom stereocenters. The van der Waals surface area contributed by atoms with Crippen molar-refractivity contribution in [1.82, 2.24) is 19.8 Å². The first-order valence-electron chi connectivity index (χ1n) is 7.92. The summed E-state index contributed by atoms with van der Waals surface area (Å²) in [7, 11) is 4.19. The second-order valence-electron chi connectivity index (χ2n) is 6.75. The molecule has 1 spiro atoms. The molecule has 120 valence electrons. The highest BCUT2D eigenvalue weighted by Gasteiger charge is 2.44. The normalized spacial score (nSPS) is 28.5. The third-order valence-electron chi connectivity index (χ3n) is 4.52. The van der Waals surface area contributed by atoms with E-state index in [1.165, 1.54) is 6.20 Å². The summed E-state index contributed by atoms with van der Waals surface area (Å²) in [6.07, 6.45) is 7.75. The molecule has 6 nitrogen and oxygen atoms in total. The van der Waals surface area contributed by atoms with Crippen LogP contribution in [-0.4, -0.2) is 71.6 Å². The first-order chi connectivity index (χ1) is 10.6. The van der Waals surface area contributed by atoms with Gasteiger partial charge < -0.3 is 14.5 Å². The number of amides is 1. The fourth-order valence-corrected chi connectivity index (χ4v) is 3.70. The van der Waals surface area contributed by atoms with Crippen LogP contribution in [-0.2, 0) is 4.74 Å². The van der Waals surface area contributed by atoms with Crippen molar-refractivity contribution < 1.29 is 9.53 Å². The minimum atomic E-state index is -0.156. The Balaban J connectivity index is 1.66. The molecular weight excluding hydrogens is 280 g/mol. The van der Waals surface area contributed by atoms with Gasteiger partial charge in [0.05, 0.1) is 24.9 Å². The molecule has 1 aromatic rings. The second kappa shape index (κ2) is 6.30. The minimum Gasteiger partial charge on any atom is -0.373 e. The van der Waals surface area contributed by atoms with E-state index in [1.54, 1.807) is 12.4 Å². The Labute approximate surface area is 131 Å². The lowest BCUT2D eigenvalue weighted by molar-refractivity contribution is -0.0451. The van der Waals surface area contributed by atoms with Crippen LogP contribution in [0.25, 0.3) is 0 Å². The third-order valence-corrected chi connectivity index (χ3v) is 4.52. The van der Waals surface area contributed by atoms with Gasteiger partial charge >= 0.3 is 0 Å². The second-order valence-corrected chi connectivity index (χ2v) is 6.75. The van der Waals surface area contributed by atoms with E-state index in [4.69, 9.17) is 4.74 Å². The van der Waals surface area contributed by atoms with Crippen molar-refractivity contribution in [1.29, 1.82) is 0 Å². The molecule has 3 rings (SSSR count). The van der Waals surface area contributed by atoms with E-state index in [1.807, 2.05) is 4.90 Å². The van der Waals surface area contributed by atoms with Crippen molar-refractivity contribution in [3.05, 3.63) is 24.3 Å². The quantitative estimate of drug-likeness (QED) is 0.835. The predicted octanol–water partition coefficient (Wildman–Crippen LogP) is 1.05. The zero-order valence-corrected chi connectivity index (χ0v) is 13.4. The number of likely N-dealkylation sites (tertiary alicyclic amines) is 1. The lowest BCUT2D eigenvalue weighted by Gasteiger charge is -2.39. The van der Waals surface area contributed by atoms with Gasteiger partial charge in [-0.25, -0.2) is 4.98 Å². The molecule has 0 N–H and O–H groups in total. The highest BCUT2D eigenvalue weighted by atomic mass is 16.5. The van der Waals surface area contributed by atoms with Crippen LogP contribution in [0.15, 0.2) is 18.6 Å². The van der Waals surface area contributed by atoms with Crippen molar-refractivity contribution in [2.75, 3.05) is 40.3 Å². The first kappa shape index (κ1) is 15.4. The summed E-state index contributed by atoms with van der Waals surface area (Å²) in [4.78, 5) is 24.8. The number of nitrogens with zero attached hydrogens (tertiary/aromatic N) is 4. The van der Waals surface area contributed by atoms with E-state index in [0.717, 1.165) is 39.0 Å². The zero-order chi connectivity index (χ0) is 15.6. The molecule has 1 aromatic heterocycles. The van der Waals surface area contributed by atoms with Crippen molar-refractivity contribution in [3.8, 4) is 0 Å². The average molecular weight is 304 g/mol. The molecule has 2 saturated heterocycles. The molecule has 3 heterocycles. The summed E-state index contributed by atoms with van der Waals surface area (Å²) < 4.78 is 6.15. The summed E-state index contributed by atoms with van der Waals surface area (Å²) in [5.74, 6) is 0.522. The maximum absolute atomic E-state index is 12.6. The van der Waals surface area contributed by atoms with Gasteiger partial charge in [0, 0.05) is 25.5 Å². The third kappa shape index (κ3) is 3.28. The molecule has 0 bridgehead atoms. The zero-order valence-electron chi connectivity index (χ0n) is 13.4. The Morgan fingerprint density at radius 1 is 1.50 bits per heavy atom. The summed E-state index contributed by atoms with van der Waals surface area (Å²) in [5.41, 5.74) is 0.263. The Bertz CT molecular complexity index is 522. The van der Waals surface area contributed by atoms with Gasteiger partial charge in [-0.3, -0.25) is 9.78 Å². The molecule has 0 unspecified atom stereocenters. The average Bonchev–Trinajstić information content (AvgIpc) is 2.88. The lowest BCUT2D eigenvalue weighted by atomic mass is 9.86. The van der Waals surface area contributed by atoms with E-state index in [0.29, 0.717) is 18.2 Å². The molecule has 2 aliphatic rings. The number of rotatable bonds is 3. The van der Waals surface area contributed by atoms with Crippen LogP contribution >= 0.6 is 0 Å². The van der Waals surface area contributed by atoms with Gasteiger partial charge in [-0.15, -0.1) is 0 Å². The maximum atomic E-state index is 12.6. The fourth-order valence-electron chi connectivity index (χ4n) is 3.70. The number of ether oxygens (including phenoxy) is 1. The molecule has 2 fully saturated rings. The fraction of sp³-hybridized carbons (Fsp3) is 0.688. The van der Waals surface area contributed by atoms with E-state index in [2.05, 4.69) is 29.0 Å². The van der Waals surface area contributed by atoms with Gasteiger partial charge in [-0.1, -0.05) is 0 Å². The summed E-state index contributed by atoms with van der Waals surface area (Å²) in [6.45, 7) is 3.29. The monoisotopic (exact) mass is 304 g/mol. The van der Waals surface area contributed by atoms with Crippen molar-refractivity contribution in [2.45, 2.75) is 24.9 Å². The van der Waals surface area contributed by atoms with Gasteiger partial charge in [0.2, 0.25) is 0 Å². The number of hydrogen-bond donors (Lipinski definition) is 0. The number of carbonyl (C=O) groups excluding carboxylic acids is 1. The smallest absolute Gasteiger partial charge is 0.274 e. The molecule has 0 radical (unpaired) electrons. The molecular formula is C16H24N4O2. The van der Waals surface area contributed by atoms with Crippen molar-refractivity contribution in [3.63, 3.8) is 0 Å². The Kier molecular flexibility index (Phi) is 4.40. The summed E-state index contributed by atoms with van der Waals surface area (Å²) in [6, 6.07) is 0. The Morgan fingerprint density at radius 2 is 2.36 bits per heavy atom. The Hall–Kier alpha value is -1.53. The van der Waals surface area contributed by atoms with Gasteiger partial charge in [0.15, 0.2) is 0 Å². The van der Waals surface area contributed by atoms with Crippen LogP contribution in [0.3, 0.4) is 0 Å². The number of aromatic nitrogens is 2. The van der Waals surface area contributed by atoms with Crippen LogP contribution in [0.1, 0.15) is 29.8 Å². The van der Waals surface area contributed by atoms with Crippen LogP contribution in [0.5, 0.6) is 0 Å². The molecule has 2 aliphatic heterocycles.